The van der Waals surface area contributed by atoms with E-state index in [9.17, 15) is 14.4 Å². The maximum atomic E-state index is 13.3. The van der Waals surface area contributed by atoms with Crippen LogP contribution in [-0.4, -0.2) is 47.3 Å². The van der Waals surface area contributed by atoms with Crippen molar-refractivity contribution in [1.29, 1.82) is 0 Å². The third-order valence-electron chi connectivity index (χ3n) is 5.78. The van der Waals surface area contributed by atoms with Gasteiger partial charge in [-0.05, 0) is 38.7 Å². The van der Waals surface area contributed by atoms with Crippen molar-refractivity contribution in [3.05, 3.63) is 41.6 Å². The summed E-state index contributed by atoms with van der Waals surface area (Å²) >= 11 is 0. The van der Waals surface area contributed by atoms with Crippen molar-refractivity contribution in [2.45, 2.75) is 44.6 Å². The lowest BCUT2D eigenvalue weighted by molar-refractivity contribution is -0.138. The molecule has 148 valence electrons. The standard InChI is InChI=1S/C21H25N3O4/c1-2-23(15-8-4-3-5-9-15)18(25)14-24-19(26)21(22-20(24)27)12-13-28-17-11-7-6-10-16(17)21/h6-8,10-11H,2-5,9,12-14H2,1H3,(H,22,27)/t21-/m0/s1. The SMILES string of the molecule is CCN(C(=O)CN1C(=O)N[C@]2(CCOc3ccccc32)C1=O)C1=CCCCC1. The highest BCUT2D eigenvalue weighted by Gasteiger charge is 2.55. The number of nitrogens with one attached hydrogen (secondary N) is 1. The Labute approximate surface area is 164 Å². The molecule has 0 saturated carbocycles. The number of urea groups is 1. The summed E-state index contributed by atoms with van der Waals surface area (Å²) in [6.45, 7) is 2.52. The molecule has 1 aromatic rings. The van der Waals surface area contributed by atoms with Gasteiger partial charge in [0.1, 0.15) is 12.3 Å². The second-order valence-corrected chi connectivity index (χ2v) is 7.40. The quantitative estimate of drug-likeness (QED) is 0.811. The molecule has 1 aromatic carbocycles. The molecular weight excluding hydrogens is 358 g/mol. The van der Waals surface area contributed by atoms with Gasteiger partial charge < -0.3 is 15.0 Å². The summed E-state index contributed by atoms with van der Waals surface area (Å²) in [7, 11) is 0. The number of hydrogen-bond donors (Lipinski definition) is 1. The minimum atomic E-state index is -1.15. The highest BCUT2D eigenvalue weighted by Crippen LogP contribution is 2.41. The first-order valence-corrected chi connectivity index (χ1v) is 9.92. The summed E-state index contributed by atoms with van der Waals surface area (Å²) in [4.78, 5) is 41.6. The smallest absolute Gasteiger partial charge is 0.325 e. The number of nitrogens with zero attached hydrogens (tertiary/aromatic N) is 2. The average molecular weight is 383 g/mol. The Kier molecular flexibility index (Phi) is 4.83. The topological polar surface area (TPSA) is 79.0 Å². The number of ether oxygens (including phenoxy) is 1. The molecule has 2 aliphatic heterocycles. The Morgan fingerprint density at radius 1 is 1.29 bits per heavy atom. The number of likely N-dealkylation sites (N-methyl/N-ethyl adjacent to an activating group) is 1. The molecule has 0 unspecified atom stereocenters. The molecule has 7 heteroatoms. The third kappa shape index (κ3) is 2.95. The zero-order valence-corrected chi connectivity index (χ0v) is 16.1. The van der Waals surface area contributed by atoms with Crippen LogP contribution in [0.1, 0.15) is 44.6 Å². The molecule has 0 bridgehead atoms. The molecule has 1 spiro atoms. The molecule has 4 amide bonds. The molecule has 0 radical (unpaired) electrons. The van der Waals surface area contributed by atoms with E-state index in [1.807, 2.05) is 19.1 Å². The van der Waals surface area contributed by atoms with Crippen molar-refractivity contribution in [3.8, 4) is 5.75 Å². The van der Waals surface area contributed by atoms with Gasteiger partial charge in [0.2, 0.25) is 5.91 Å². The summed E-state index contributed by atoms with van der Waals surface area (Å²) in [6.07, 6.45) is 6.44. The predicted molar refractivity (Wildman–Crippen MR) is 102 cm³/mol. The van der Waals surface area contributed by atoms with Crippen LogP contribution in [0.15, 0.2) is 36.0 Å². The molecule has 1 atom stereocenters. The fourth-order valence-corrected chi connectivity index (χ4v) is 4.34. The first-order chi connectivity index (χ1) is 13.6. The fraction of sp³-hybridized carbons (Fsp3) is 0.476. The Balaban J connectivity index is 1.57. The molecule has 1 N–H and O–H groups in total. The molecule has 1 fully saturated rings. The number of allylic oxidation sites excluding steroid dienone is 2. The van der Waals surface area contributed by atoms with E-state index in [1.165, 1.54) is 0 Å². The number of carbonyl (C=O) groups excluding carboxylic acids is 3. The van der Waals surface area contributed by atoms with E-state index < -0.39 is 11.6 Å². The van der Waals surface area contributed by atoms with E-state index >= 15 is 0 Å². The molecule has 3 aliphatic rings. The van der Waals surface area contributed by atoms with Crippen molar-refractivity contribution in [2.75, 3.05) is 19.7 Å². The number of hydrogen-bond acceptors (Lipinski definition) is 4. The van der Waals surface area contributed by atoms with Gasteiger partial charge in [0, 0.05) is 24.2 Å². The molecule has 2 heterocycles. The van der Waals surface area contributed by atoms with Gasteiger partial charge in [-0.2, -0.15) is 0 Å². The minimum absolute atomic E-state index is 0.225. The van der Waals surface area contributed by atoms with Crippen LogP contribution in [0.2, 0.25) is 0 Å². The van der Waals surface area contributed by atoms with Gasteiger partial charge in [0.05, 0.1) is 6.61 Å². The van der Waals surface area contributed by atoms with Crippen LogP contribution in [0.5, 0.6) is 5.75 Å². The number of fused-ring (bicyclic) bond motifs is 2. The van der Waals surface area contributed by atoms with Crippen LogP contribution < -0.4 is 10.1 Å². The van der Waals surface area contributed by atoms with E-state index in [4.69, 9.17) is 4.74 Å². The number of benzene rings is 1. The molecule has 1 saturated heterocycles. The first-order valence-electron chi connectivity index (χ1n) is 9.92. The normalized spacial score (nSPS) is 23.8. The van der Waals surface area contributed by atoms with Crippen molar-refractivity contribution in [2.24, 2.45) is 0 Å². The van der Waals surface area contributed by atoms with Gasteiger partial charge in [-0.3, -0.25) is 14.5 Å². The van der Waals surface area contributed by atoms with Gasteiger partial charge in [-0.15, -0.1) is 0 Å². The second kappa shape index (κ2) is 7.30. The van der Waals surface area contributed by atoms with Gasteiger partial charge in [-0.1, -0.05) is 24.3 Å². The summed E-state index contributed by atoms with van der Waals surface area (Å²) in [5, 5.41) is 2.84. The van der Waals surface area contributed by atoms with Crippen LogP contribution >= 0.6 is 0 Å². The molecule has 7 nitrogen and oxygen atoms in total. The van der Waals surface area contributed by atoms with Crippen LogP contribution in [0.3, 0.4) is 0 Å². The first kappa shape index (κ1) is 18.5. The van der Waals surface area contributed by atoms with Crippen LogP contribution in [0.25, 0.3) is 0 Å². The van der Waals surface area contributed by atoms with E-state index in [2.05, 4.69) is 11.4 Å². The van der Waals surface area contributed by atoms with Crippen LogP contribution in [0.4, 0.5) is 4.79 Å². The van der Waals surface area contributed by atoms with E-state index in [-0.39, 0.29) is 18.4 Å². The highest BCUT2D eigenvalue weighted by atomic mass is 16.5. The highest BCUT2D eigenvalue weighted by molar-refractivity contribution is 6.09. The largest absolute Gasteiger partial charge is 0.493 e. The third-order valence-corrected chi connectivity index (χ3v) is 5.78. The van der Waals surface area contributed by atoms with E-state index in [0.29, 0.717) is 30.9 Å². The lowest BCUT2D eigenvalue weighted by Gasteiger charge is -2.33. The van der Waals surface area contributed by atoms with E-state index in [1.54, 1.807) is 17.0 Å². The lowest BCUT2D eigenvalue weighted by atomic mass is 9.84. The van der Waals surface area contributed by atoms with Gasteiger partial charge in [0.15, 0.2) is 5.54 Å². The lowest BCUT2D eigenvalue weighted by Crippen LogP contribution is -2.48. The Hall–Kier alpha value is -2.83. The van der Waals surface area contributed by atoms with Gasteiger partial charge >= 0.3 is 6.03 Å². The van der Waals surface area contributed by atoms with Crippen molar-refractivity contribution >= 4 is 17.8 Å². The minimum Gasteiger partial charge on any atom is -0.493 e. The zero-order chi connectivity index (χ0) is 19.7. The number of imide groups is 1. The predicted octanol–water partition coefficient (Wildman–Crippen LogP) is 2.52. The van der Waals surface area contributed by atoms with Crippen LogP contribution in [-0.2, 0) is 15.1 Å². The van der Waals surface area contributed by atoms with Crippen LogP contribution in [0, 0.1) is 0 Å². The zero-order valence-electron chi connectivity index (χ0n) is 16.1. The maximum Gasteiger partial charge on any atom is 0.325 e. The molecule has 0 aromatic heterocycles. The second-order valence-electron chi connectivity index (χ2n) is 7.40. The summed E-state index contributed by atoms with van der Waals surface area (Å²) < 4.78 is 5.64. The number of rotatable bonds is 4. The maximum absolute atomic E-state index is 13.3. The van der Waals surface area contributed by atoms with Gasteiger partial charge in [-0.25, -0.2) is 4.79 Å². The monoisotopic (exact) mass is 383 g/mol. The van der Waals surface area contributed by atoms with Gasteiger partial charge in [0.25, 0.3) is 5.91 Å². The fourth-order valence-electron chi connectivity index (χ4n) is 4.34. The summed E-state index contributed by atoms with van der Waals surface area (Å²) in [5.74, 6) is -0.00931. The summed E-state index contributed by atoms with van der Waals surface area (Å²) in [6, 6.07) is 6.71. The molecule has 28 heavy (non-hydrogen) atoms. The molecule has 1 aliphatic carbocycles. The van der Waals surface area contributed by atoms with Crippen molar-refractivity contribution in [1.82, 2.24) is 15.1 Å². The van der Waals surface area contributed by atoms with Crippen molar-refractivity contribution in [3.63, 3.8) is 0 Å². The Morgan fingerprint density at radius 3 is 2.86 bits per heavy atom. The molecule has 4 rings (SSSR count). The molecular formula is C21H25N3O4. The summed E-state index contributed by atoms with van der Waals surface area (Å²) in [5.41, 5.74) is 0.502. The number of amides is 4. The number of para-hydroxylation sites is 1. The Morgan fingerprint density at radius 2 is 2.11 bits per heavy atom. The average Bonchev–Trinajstić information content (AvgIpc) is 2.94. The number of carbonyl (C=O) groups is 3. The van der Waals surface area contributed by atoms with E-state index in [0.717, 1.165) is 36.3 Å². The van der Waals surface area contributed by atoms with Crippen molar-refractivity contribution < 1.29 is 19.1 Å². The Bertz CT molecular complexity index is 850.